The van der Waals surface area contributed by atoms with E-state index in [0.29, 0.717) is 23.2 Å². The maximum Gasteiger partial charge on any atom is 0.274 e. The largest absolute Gasteiger partial charge is 0.466 e. The van der Waals surface area contributed by atoms with Gasteiger partial charge in [-0.2, -0.15) is 5.10 Å². The summed E-state index contributed by atoms with van der Waals surface area (Å²) >= 11 is 0. The fourth-order valence-corrected chi connectivity index (χ4v) is 2.76. The molecule has 0 bridgehead atoms. The van der Waals surface area contributed by atoms with E-state index >= 15 is 0 Å². The number of hydrogen-bond donors (Lipinski definition) is 1. The van der Waals surface area contributed by atoms with E-state index in [0.717, 1.165) is 24.3 Å². The molecule has 1 N–H and O–H groups in total. The van der Waals surface area contributed by atoms with Crippen LogP contribution in [0, 0.1) is 25.7 Å². The van der Waals surface area contributed by atoms with Gasteiger partial charge in [-0.25, -0.2) is 5.43 Å². The van der Waals surface area contributed by atoms with Crippen LogP contribution in [0.4, 0.5) is 0 Å². The van der Waals surface area contributed by atoms with Crippen LogP contribution < -0.4 is 5.43 Å². The summed E-state index contributed by atoms with van der Waals surface area (Å²) in [4.78, 5) is 12.1. The topological polar surface area (TPSA) is 54.6 Å². The Morgan fingerprint density at radius 1 is 1.32 bits per heavy atom. The Hall–Kier alpha value is -1.58. The van der Waals surface area contributed by atoms with E-state index in [-0.39, 0.29) is 5.91 Å². The maximum absolute atomic E-state index is 12.1. The molecule has 1 fully saturated rings. The molecular weight excluding hydrogens is 240 g/mol. The van der Waals surface area contributed by atoms with Crippen molar-refractivity contribution in [2.24, 2.45) is 16.9 Å². The molecule has 19 heavy (non-hydrogen) atoms. The molecule has 1 aromatic rings. The molecular formula is C15H22N2O2. The summed E-state index contributed by atoms with van der Waals surface area (Å²) in [6.45, 7) is 7.98. The van der Waals surface area contributed by atoms with E-state index in [2.05, 4.69) is 24.4 Å². The second kappa shape index (κ2) is 5.59. The fraction of sp³-hybridized carbons (Fsp3) is 0.600. The predicted octanol–water partition coefficient (Wildman–Crippen LogP) is 3.44. The molecule has 1 aliphatic carbocycles. The molecule has 4 nitrogen and oxygen atoms in total. The first-order valence-corrected chi connectivity index (χ1v) is 6.94. The van der Waals surface area contributed by atoms with Crippen LogP contribution in [-0.4, -0.2) is 11.6 Å². The fourth-order valence-electron chi connectivity index (χ4n) is 2.76. The summed E-state index contributed by atoms with van der Waals surface area (Å²) < 4.78 is 5.36. The Balaban J connectivity index is 2.09. The molecule has 1 saturated carbocycles. The second-order valence-electron chi connectivity index (χ2n) is 5.54. The van der Waals surface area contributed by atoms with E-state index in [1.165, 1.54) is 6.42 Å². The predicted molar refractivity (Wildman–Crippen MR) is 75.3 cm³/mol. The Bertz CT molecular complexity index is 490. The Morgan fingerprint density at radius 3 is 2.47 bits per heavy atom. The number of aryl methyl sites for hydroxylation is 2. The summed E-state index contributed by atoms with van der Waals surface area (Å²) in [5.74, 6) is 2.11. The van der Waals surface area contributed by atoms with E-state index < -0.39 is 0 Å². The van der Waals surface area contributed by atoms with Gasteiger partial charge in [0, 0.05) is 5.71 Å². The lowest BCUT2D eigenvalue weighted by atomic mass is 9.81. The lowest BCUT2D eigenvalue weighted by Crippen LogP contribution is -2.29. The normalized spacial score (nSPS) is 25.6. The molecule has 0 saturated heterocycles. The van der Waals surface area contributed by atoms with Gasteiger partial charge >= 0.3 is 0 Å². The molecule has 0 radical (unpaired) electrons. The molecule has 2 atom stereocenters. The van der Waals surface area contributed by atoms with Crippen molar-refractivity contribution in [3.05, 3.63) is 23.2 Å². The number of nitrogens with one attached hydrogen (secondary N) is 1. The monoisotopic (exact) mass is 262 g/mol. The number of hydrogen-bond acceptors (Lipinski definition) is 3. The minimum Gasteiger partial charge on any atom is -0.466 e. The molecule has 0 unspecified atom stereocenters. The van der Waals surface area contributed by atoms with Crippen LogP contribution in [0.3, 0.4) is 0 Å². The van der Waals surface area contributed by atoms with Gasteiger partial charge in [-0.3, -0.25) is 4.79 Å². The Kier molecular flexibility index (Phi) is 4.08. The highest BCUT2D eigenvalue weighted by atomic mass is 16.3. The molecule has 1 aromatic heterocycles. The molecule has 4 heteroatoms. The van der Waals surface area contributed by atoms with E-state index in [1.54, 1.807) is 13.0 Å². The van der Waals surface area contributed by atoms with Crippen molar-refractivity contribution >= 4 is 11.6 Å². The van der Waals surface area contributed by atoms with Crippen LogP contribution >= 0.6 is 0 Å². The minimum absolute atomic E-state index is 0.188. The minimum atomic E-state index is -0.188. The highest BCUT2D eigenvalue weighted by Crippen LogP contribution is 2.25. The number of hydrazone groups is 1. The van der Waals surface area contributed by atoms with Crippen LogP contribution in [0.2, 0.25) is 0 Å². The van der Waals surface area contributed by atoms with Crippen LogP contribution in [0.1, 0.15) is 55.0 Å². The number of amides is 1. The zero-order chi connectivity index (χ0) is 14.0. The Morgan fingerprint density at radius 2 is 1.95 bits per heavy atom. The zero-order valence-electron chi connectivity index (χ0n) is 12.1. The van der Waals surface area contributed by atoms with Crippen molar-refractivity contribution in [1.82, 2.24) is 5.43 Å². The van der Waals surface area contributed by atoms with Crippen molar-refractivity contribution in [1.29, 1.82) is 0 Å². The second-order valence-corrected chi connectivity index (χ2v) is 5.54. The number of nitrogens with zero attached hydrogens (tertiary/aromatic N) is 1. The van der Waals surface area contributed by atoms with Crippen molar-refractivity contribution in [3.63, 3.8) is 0 Å². The van der Waals surface area contributed by atoms with Gasteiger partial charge in [0.15, 0.2) is 0 Å². The molecule has 104 valence electrons. The maximum atomic E-state index is 12.1. The number of rotatable bonds is 2. The molecule has 0 aromatic carbocycles. The van der Waals surface area contributed by atoms with Crippen molar-refractivity contribution in [2.75, 3.05) is 0 Å². The quantitative estimate of drug-likeness (QED) is 0.830. The molecule has 0 aliphatic heterocycles. The summed E-state index contributed by atoms with van der Waals surface area (Å²) in [5, 5.41) is 4.35. The van der Waals surface area contributed by atoms with Crippen molar-refractivity contribution < 1.29 is 9.21 Å². The SMILES string of the molecule is Cc1cc(C(=O)NN=C2[C@H](C)CCC[C@@H]2C)c(C)o1. The molecule has 2 rings (SSSR count). The first kappa shape index (κ1) is 13.8. The molecule has 1 heterocycles. The lowest BCUT2D eigenvalue weighted by molar-refractivity contribution is 0.0952. The highest BCUT2D eigenvalue weighted by molar-refractivity contribution is 5.97. The highest BCUT2D eigenvalue weighted by Gasteiger charge is 2.23. The summed E-state index contributed by atoms with van der Waals surface area (Å²) in [6.07, 6.45) is 3.56. The number of carbonyl (C=O) groups excluding carboxylic acids is 1. The van der Waals surface area contributed by atoms with Crippen LogP contribution in [0.5, 0.6) is 0 Å². The van der Waals surface area contributed by atoms with E-state index in [9.17, 15) is 4.79 Å². The molecule has 1 aliphatic rings. The van der Waals surface area contributed by atoms with Gasteiger partial charge in [-0.05, 0) is 44.6 Å². The van der Waals surface area contributed by atoms with Gasteiger partial charge < -0.3 is 4.42 Å². The van der Waals surface area contributed by atoms with Gasteiger partial charge in [-0.15, -0.1) is 0 Å². The zero-order valence-corrected chi connectivity index (χ0v) is 12.1. The van der Waals surface area contributed by atoms with Gasteiger partial charge in [0.2, 0.25) is 0 Å². The van der Waals surface area contributed by atoms with Gasteiger partial charge in [0.1, 0.15) is 11.5 Å². The van der Waals surface area contributed by atoms with E-state index in [1.807, 2.05) is 6.92 Å². The third-order valence-corrected chi connectivity index (χ3v) is 3.86. The summed E-state index contributed by atoms with van der Waals surface area (Å²) in [7, 11) is 0. The molecule has 0 spiro atoms. The number of carbonyl (C=O) groups is 1. The third kappa shape index (κ3) is 3.06. The average molecular weight is 262 g/mol. The van der Waals surface area contributed by atoms with Crippen molar-refractivity contribution in [3.8, 4) is 0 Å². The third-order valence-electron chi connectivity index (χ3n) is 3.86. The first-order valence-electron chi connectivity index (χ1n) is 6.94. The van der Waals surface area contributed by atoms with Gasteiger partial charge in [-0.1, -0.05) is 20.3 Å². The first-order chi connectivity index (χ1) is 8.99. The Labute approximate surface area is 114 Å². The van der Waals surface area contributed by atoms with Gasteiger partial charge in [0.05, 0.1) is 5.56 Å². The lowest BCUT2D eigenvalue weighted by Gasteiger charge is -2.26. The van der Waals surface area contributed by atoms with Crippen LogP contribution in [0.25, 0.3) is 0 Å². The van der Waals surface area contributed by atoms with Gasteiger partial charge in [0.25, 0.3) is 5.91 Å². The summed E-state index contributed by atoms with van der Waals surface area (Å²) in [5.41, 5.74) is 4.35. The van der Waals surface area contributed by atoms with Crippen LogP contribution in [-0.2, 0) is 0 Å². The van der Waals surface area contributed by atoms with Crippen LogP contribution in [0.15, 0.2) is 15.6 Å². The number of furan rings is 1. The average Bonchev–Trinajstić information content (AvgIpc) is 2.67. The smallest absolute Gasteiger partial charge is 0.274 e. The summed E-state index contributed by atoms with van der Waals surface area (Å²) in [6, 6.07) is 1.75. The molecule has 1 amide bonds. The standard InChI is InChI=1S/C15H22N2O2/c1-9-6-5-7-10(2)14(9)16-17-15(18)13-8-11(3)19-12(13)4/h8-10H,5-7H2,1-4H3,(H,17,18)/t9-,10+. The van der Waals surface area contributed by atoms with Crippen molar-refractivity contribution in [2.45, 2.75) is 47.0 Å². The van der Waals surface area contributed by atoms with E-state index in [4.69, 9.17) is 4.42 Å².